The summed E-state index contributed by atoms with van der Waals surface area (Å²) in [5.41, 5.74) is 0. The van der Waals surface area contributed by atoms with Crippen molar-refractivity contribution in [1.29, 1.82) is 0 Å². The molecule has 52 heavy (non-hydrogen) atoms. The summed E-state index contributed by atoms with van der Waals surface area (Å²) in [6, 6.07) is -3.88. The second kappa shape index (κ2) is 29.5. The minimum Gasteiger partial charge on any atom is -0.480 e. The first-order valence-electron chi connectivity index (χ1n) is 19.0. The Bertz CT molecular complexity index is 1140. The number of carbonyl (C=O) groups is 7. The number of rotatable bonds is 32. The van der Waals surface area contributed by atoms with Gasteiger partial charge in [0.15, 0.2) is 5.12 Å². The molecule has 0 aromatic rings. The molecule has 0 saturated carbocycles. The SMILES string of the molecule is CCCCCCCCCCCCCCCC(=O)SC[C@H](NC(=O)[C@H](CO)NC(=O)[C@H](CCSC)NC(=O)CCCCCN1C(=O)C=CC1=O)C(=O)O. The third-order valence-corrected chi connectivity index (χ3v) is 10.4. The Hall–Kier alpha value is -2.91. The van der Waals surface area contributed by atoms with Crippen LogP contribution in [0.2, 0.25) is 0 Å². The van der Waals surface area contributed by atoms with E-state index in [9.17, 15) is 43.8 Å². The van der Waals surface area contributed by atoms with Gasteiger partial charge in [0, 0.05) is 37.3 Å². The van der Waals surface area contributed by atoms with E-state index in [1.54, 1.807) is 0 Å². The smallest absolute Gasteiger partial charge is 0.327 e. The molecule has 0 saturated heterocycles. The van der Waals surface area contributed by atoms with E-state index >= 15 is 0 Å². The van der Waals surface area contributed by atoms with Gasteiger partial charge in [0.2, 0.25) is 17.7 Å². The number of amides is 5. The maximum atomic E-state index is 13.1. The van der Waals surface area contributed by atoms with Gasteiger partial charge >= 0.3 is 5.97 Å². The summed E-state index contributed by atoms with van der Waals surface area (Å²) in [5.74, 6) is -3.76. The molecule has 1 aliphatic heterocycles. The normalized spacial score (nSPS) is 14.2. The molecule has 0 aromatic heterocycles. The van der Waals surface area contributed by atoms with Gasteiger partial charge in [0.1, 0.15) is 18.1 Å². The lowest BCUT2D eigenvalue weighted by Crippen LogP contribution is -2.57. The molecule has 0 radical (unpaired) electrons. The number of carboxylic acids is 1. The van der Waals surface area contributed by atoms with Crippen LogP contribution in [0.15, 0.2) is 12.2 Å². The van der Waals surface area contributed by atoms with E-state index in [-0.39, 0.29) is 42.1 Å². The van der Waals surface area contributed by atoms with Gasteiger partial charge in [-0.3, -0.25) is 33.7 Å². The monoisotopic (exact) mass is 770 g/mol. The standard InChI is InChI=1S/C37H62N4O9S2/c1-3-4-5-6-7-8-9-10-11-12-13-14-17-20-34(46)52-27-30(37(49)50)40-36(48)29(26-42)39-35(47)28(23-25-51-2)38-31(43)19-16-15-18-24-41-32(44)21-22-33(41)45/h21-22,28-30,42H,3-20,23-27H2,1-2H3,(H,38,43)(H,39,47)(H,40,48)(H,49,50)/t28-,29-,30-/m0/s1. The molecule has 0 aromatic carbocycles. The van der Waals surface area contributed by atoms with Crippen molar-refractivity contribution in [2.24, 2.45) is 0 Å². The van der Waals surface area contributed by atoms with E-state index in [0.717, 1.165) is 42.3 Å². The number of hydrogen-bond acceptors (Lipinski definition) is 10. The van der Waals surface area contributed by atoms with Crippen molar-refractivity contribution in [3.8, 4) is 0 Å². The van der Waals surface area contributed by atoms with E-state index in [2.05, 4.69) is 22.9 Å². The fourth-order valence-corrected chi connectivity index (χ4v) is 6.94. The first-order valence-corrected chi connectivity index (χ1v) is 21.3. The first-order chi connectivity index (χ1) is 25.0. The van der Waals surface area contributed by atoms with E-state index in [0.29, 0.717) is 31.4 Å². The molecule has 0 bridgehead atoms. The average Bonchev–Trinajstić information content (AvgIpc) is 3.44. The zero-order valence-electron chi connectivity index (χ0n) is 31.2. The molecule has 13 nitrogen and oxygen atoms in total. The van der Waals surface area contributed by atoms with Gasteiger partial charge in [-0.25, -0.2) is 4.79 Å². The van der Waals surface area contributed by atoms with Crippen LogP contribution in [0.3, 0.4) is 0 Å². The zero-order valence-corrected chi connectivity index (χ0v) is 32.8. The lowest BCUT2D eigenvalue weighted by molar-refractivity contribution is -0.142. The topological polar surface area (TPSA) is 199 Å². The van der Waals surface area contributed by atoms with Crippen molar-refractivity contribution in [2.75, 3.05) is 30.9 Å². The summed E-state index contributed by atoms with van der Waals surface area (Å²) in [5, 5.41) is 26.7. The third-order valence-electron chi connectivity index (χ3n) is 8.77. The number of unbranched alkanes of at least 4 members (excludes halogenated alkanes) is 14. The van der Waals surface area contributed by atoms with Crippen LogP contribution >= 0.6 is 23.5 Å². The number of aliphatic hydroxyl groups excluding tert-OH is 1. The van der Waals surface area contributed by atoms with Gasteiger partial charge in [0.05, 0.1) is 6.61 Å². The first kappa shape index (κ1) is 47.1. The molecule has 5 N–H and O–H groups in total. The highest BCUT2D eigenvalue weighted by atomic mass is 32.2. The molecule has 0 unspecified atom stereocenters. The third kappa shape index (κ3) is 21.6. The highest BCUT2D eigenvalue weighted by Crippen LogP contribution is 2.16. The van der Waals surface area contributed by atoms with Gasteiger partial charge < -0.3 is 26.2 Å². The minimum absolute atomic E-state index is 0.100. The Labute approximate surface area is 318 Å². The Kier molecular flexibility index (Phi) is 26.8. The summed E-state index contributed by atoms with van der Waals surface area (Å²) < 4.78 is 0. The minimum atomic E-state index is -1.47. The van der Waals surface area contributed by atoms with Gasteiger partial charge in [-0.15, -0.1) is 0 Å². The molecule has 0 aliphatic carbocycles. The molecule has 0 spiro atoms. The molecular formula is C37H62N4O9S2. The average molecular weight is 771 g/mol. The fraction of sp³-hybridized carbons (Fsp3) is 0.757. The van der Waals surface area contributed by atoms with E-state index in [1.165, 1.54) is 81.7 Å². The number of carboxylic acid groups (broad SMARTS) is 1. The summed E-state index contributed by atoms with van der Waals surface area (Å²) in [6.07, 6.45) is 22.0. The van der Waals surface area contributed by atoms with Crippen LogP contribution in [0.1, 0.15) is 129 Å². The van der Waals surface area contributed by atoms with E-state index in [1.807, 2.05) is 6.26 Å². The molecule has 1 heterocycles. The Balaban J connectivity index is 2.40. The second-order valence-electron chi connectivity index (χ2n) is 13.2. The van der Waals surface area contributed by atoms with Crippen LogP contribution < -0.4 is 16.0 Å². The summed E-state index contributed by atoms with van der Waals surface area (Å²) in [7, 11) is 0. The molecule has 3 atom stereocenters. The van der Waals surface area contributed by atoms with Gasteiger partial charge in [-0.2, -0.15) is 11.8 Å². The zero-order chi connectivity index (χ0) is 38.6. The van der Waals surface area contributed by atoms with Crippen molar-refractivity contribution in [1.82, 2.24) is 20.9 Å². The van der Waals surface area contributed by atoms with Gasteiger partial charge in [-0.1, -0.05) is 102 Å². The largest absolute Gasteiger partial charge is 0.480 e. The Morgan fingerprint density at radius 2 is 1.19 bits per heavy atom. The second-order valence-corrected chi connectivity index (χ2v) is 15.3. The van der Waals surface area contributed by atoms with Gasteiger partial charge in [0.25, 0.3) is 11.8 Å². The number of aliphatic hydroxyl groups is 1. The molecular weight excluding hydrogens is 709 g/mol. The van der Waals surface area contributed by atoms with Crippen LogP contribution in [0.4, 0.5) is 0 Å². The van der Waals surface area contributed by atoms with Crippen molar-refractivity contribution >= 4 is 64.1 Å². The molecule has 296 valence electrons. The number of aliphatic carboxylic acids is 1. The highest BCUT2D eigenvalue weighted by Gasteiger charge is 2.29. The number of nitrogens with one attached hydrogen (secondary N) is 3. The van der Waals surface area contributed by atoms with Crippen LogP contribution in [-0.2, 0) is 33.6 Å². The van der Waals surface area contributed by atoms with Crippen molar-refractivity contribution in [3.05, 3.63) is 12.2 Å². The number of carbonyl (C=O) groups excluding carboxylic acids is 6. The summed E-state index contributed by atoms with van der Waals surface area (Å²) in [4.78, 5) is 87.3. The maximum absolute atomic E-state index is 13.1. The lowest BCUT2D eigenvalue weighted by atomic mass is 10.0. The van der Waals surface area contributed by atoms with E-state index in [4.69, 9.17) is 0 Å². The number of imide groups is 1. The number of hydrogen-bond donors (Lipinski definition) is 5. The van der Waals surface area contributed by atoms with Crippen LogP contribution in [-0.4, -0.2) is 105 Å². The predicted octanol–water partition coefficient (Wildman–Crippen LogP) is 4.50. The predicted molar refractivity (Wildman–Crippen MR) is 206 cm³/mol. The van der Waals surface area contributed by atoms with Crippen LogP contribution in [0, 0.1) is 0 Å². The van der Waals surface area contributed by atoms with Crippen molar-refractivity contribution < 1.29 is 43.8 Å². The quantitative estimate of drug-likeness (QED) is 0.0477. The highest BCUT2D eigenvalue weighted by molar-refractivity contribution is 8.13. The number of nitrogens with zero attached hydrogens (tertiary/aromatic N) is 1. The van der Waals surface area contributed by atoms with E-state index < -0.39 is 48.4 Å². The Morgan fingerprint density at radius 1 is 0.692 bits per heavy atom. The lowest BCUT2D eigenvalue weighted by Gasteiger charge is -2.23. The molecule has 1 rings (SSSR count). The van der Waals surface area contributed by atoms with Crippen molar-refractivity contribution in [3.63, 3.8) is 0 Å². The van der Waals surface area contributed by atoms with Gasteiger partial charge in [-0.05, 0) is 37.7 Å². The van der Waals surface area contributed by atoms with Crippen LogP contribution in [0.5, 0.6) is 0 Å². The summed E-state index contributed by atoms with van der Waals surface area (Å²) in [6.45, 7) is 1.67. The number of thioether (sulfide) groups is 2. The maximum Gasteiger partial charge on any atom is 0.327 e. The molecule has 0 fully saturated rings. The molecule has 5 amide bonds. The molecule has 1 aliphatic rings. The van der Waals surface area contributed by atoms with Crippen LogP contribution in [0.25, 0.3) is 0 Å². The molecule has 15 heteroatoms. The Morgan fingerprint density at radius 3 is 1.73 bits per heavy atom. The van der Waals surface area contributed by atoms with Crippen molar-refractivity contribution in [2.45, 2.75) is 147 Å². The fourth-order valence-electron chi connectivity index (χ4n) is 5.60. The summed E-state index contributed by atoms with van der Waals surface area (Å²) >= 11 is 2.29.